The molecule has 0 radical (unpaired) electrons. The standard InChI is InChI=1S/C16H17F3N4O4S/c17-16(18,19)15(22-23-15)9-3-5-10(6-4-9)28(25,26)21-13(24)14(20)8-12-11(14)2-1-7-27-12/h3-6,11-12H,1-2,7-8,20H2,(H,21,24)/t11-,12-,14+/m0/s1. The predicted molar refractivity (Wildman–Crippen MR) is 88.4 cm³/mol. The number of sulfonamides is 1. The topological polar surface area (TPSA) is 123 Å². The van der Waals surface area contributed by atoms with Crippen LogP contribution in [-0.2, 0) is 25.2 Å². The summed E-state index contributed by atoms with van der Waals surface area (Å²) in [5.41, 5.74) is 1.83. The van der Waals surface area contributed by atoms with Crippen LogP contribution in [0, 0.1) is 5.92 Å². The Hall–Kier alpha value is -2.05. The van der Waals surface area contributed by atoms with E-state index in [-0.39, 0.29) is 28.9 Å². The molecule has 8 nitrogen and oxygen atoms in total. The zero-order chi connectivity index (χ0) is 20.4. The summed E-state index contributed by atoms with van der Waals surface area (Å²) in [6.45, 7) is 0.585. The number of halogens is 3. The molecule has 1 aromatic carbocycles. The zero-order valence-electron chi connectivity index (χ0n) is 14.4. The molecule has 1 saturated heterocycles. The molecule has 3 atom stereocenters. The third-order valence-corrected chi connectivity index (χ3v) is 6.90. The van der Waals surface area contributed by atoms with Gasteiger partial charge in [-0.05, 0) is 25.0 Å². The molecule has 3 aliphatic rings. The number of carbonyl (C=O) groups excluding carboxylic acids is 1. The number of alkyl halides is 3. The van der Waals surface area contributed by atoms with Crippen LogP contribution < -0.4 is 10.5 Å². The minimum atomic E-state index is -4.71. The second-order valence-electron chi connectivity index (χ2n) is 7.23. The van der Waals surface area contributed by atoms with Gasteiger partial charge in [-0.25, -0.2) is 13.1 Å². The molecule has 2 heterocycles. The van der Waals surface area contributed by atoms with E-state index in [1.165, 1.54) is 0 Å². The maximum atomic E-state index is 13.0. The number of hydrogen-bond acceptors (Lipinski definition) is 7. The number of fused-ring (bicyclic) bond motifs is 1. The van der Waals surface area contributed by atoms with Crippen LogP contribution in [0.1, 0.15) is 24.8 Å². The van der Waals surface area contributed by atoms with E-state index in [1.54, 1.807) is 0 Å². The van der Waals surface area contributed by atoms with Gasteiger partial charge < -0.3 is 10.5 Å². The molecule has 1 aliphatic carbocycles. The van der Waals surface area contributed by atoms with Crippen LogP contribution in [0.3, 0.4) is 0 Å². The van der Waals surface area contributed by atoms with Crippen LogP contribution in [-0.4, -0.2) is 38.8 Å². The van der Waals surface area contributed by atoms with E-state index in [0.717, 1.165) is 30.7 Å². The SMILES string of the molecule is N[C@]1(C(=O)NS(=O)(=O)c2ccc(C3(C(F)(F)F)N=N3)cc2)C[C@@H]2OCCC[C@@H]21. The summed E-state index contributed by atoms with van der Waals surface area (Å²) in [5.74, 6) is -1.11. The third-order valence-electron chi connectivity index (χ3n) is 5.55. The third kappa shape index (κ3) is 2.81. The van der Waals surface area contributed by atoms with Gasteiger partial charge in [0, 0.05) is 24.5 Å². The van der Waals surface area contributed by atoms with Crippen molar-refractivity contribution >= 4 is 15.9 Å². The van der Waals surface area contributed by atoms with Gasteiger partial charge in [0.05, 0.1) is 11.0 Å². The number of nitrogens with one attached hydrogen (secondary N) is 1. The number of ether oxygens (including phenoxy) is 1. The van der Waals surface area contributed by atoms with E-state index in [0.29, 0.717) is 13.0 Å². The van der Waals surface area contributed by atoms with Crippen molar-refractivity contribution < 1.29 is 31.1 Å². The van der Waals surface area contributed by atoms with Crippen LogP contribution >= 0.6 is 0 Å². The maximum Gasteiger partial charge on any atom is 0.442 e. The summed E-state index contributed by atoms with van der Waals surface area (Å²) < 4.78 is 71.4. The first-order valence-corrected chi connectivity index (χ1v) is 10.1. The lowest BCUT2D eigenvalue weighted by atomic mass is 9.61. The molecule has 0 aromatic heterocycles. The van der Waals surface area contributed by atoms with Crippen LogP contribution in [0.5, 0.6) is 0 Å². The largest absolute Gasteiger partial charge is 0.442 e. The zero-order valence-corrected chi connectivity index (χ0v) is 15.3. The second kappa shape index (κ2) is 5.97. The molecule has 4 rings (SSSR count). The van der Waals surface area contributed by atoms with Crippen LogP contribution in [0.15, 0.2) is 39.4 Å². The summed E-state index contributed by atoms with van der Waals surface area (Å²) in [7, 11) is -4.30. The number of nitrogens with two attached hydrogens (primary N) is 1. The Labute approximate surface area is 158 Å². The first-order chi connectivity index (χ1) is 13.0. The molecule has 1 saturated carbocycles. The molecule has 0 spiro atoms. The molecular weight excluding hydrogens is 401 g/mol. The summed E-state index contributed by atoms with van der Waals surface area (Å²) in [6, 6.07) is 3.88. The smallest absolute Gasteiger partial charge is 0.378 e. The molecule has 2 fully saturated rings. The van der Waals surface area contributed by atoms with Crippen molar-refractivity contribution in [1.29, 1.82) is 0 Å². The van der Waals surface area contributed by atoms with Gasteiger partial charge in [-0.1, -0.05) is 12.1 Å². The normalized spacial score (nSPS) is 30.9. The predicted octanol–water partition coefficient (Wildman–Crippen LogP) is 1.57. The van der Waals surface area contributed by atoms with Crippen molar-refractivity contribution in [3.8, 4) is 0 Å². The monoisotopic (exact) mass is 418 g/mol. The fraction of sp³-hybridized carbons (Fsp3) is 0.562. The highest BCUT2D eigenvalue weighted by Crippen LogP contribution is 2.52. The quantitative estimate of drug-likeness (QED) is 0.768. The number of hydrogen-bond donors (Lipinski definition) is 2. The van der Waals surface area contributed by atoms with E-state index in [2.05, 4.69) is 10.2 Å². The number of rotatable bonds is 4. The van der Waals surface area contributed by atoms with Crippen LogP contribution in [0.4, 0.5) is 13.2 Å². The molecule has 2 aliphatic heterocycles. The van der Waals surface area contributed by atoms with E-state index in [9.17, 15) is 26.4 Å². The average molecular weight is 418 g/mol. The van der Waals surface area contributed by atoms with Crippen molar-refractivity contribution in [3.05, 3.63) is 29.8 Å². The number of carbonyl (C=O) groups is 1. The van der Waals surface area contributed by atoms with Gasteiger partial charge in [0.1, 0.15) is 5.54 Å². The molecule has 12 heteroatoms. The van der Waals surface area contributed by atoms with Gasteiger partial charge in [-0.15, -0.1) is 10.2 Å². The van der Waals surface area contributed by atoms with Crippen molar-refractivity contribution in [2.45, 2.75) is 47.6 Å². The van der Waals surface area contributed by atoms with Crippen LogP contribution in [0.25, 0.3) is 0 Å². The fourth-order valence-corrected chi connectivity index (χ4v) is 4.85. The molecule has 3 N–H and O–H groups in total. The second-order valence-corrected chi connectivity index (χ2v) is 8.91. The fourth-order valence-electron chi connectivity index (χ4n) is 3.80. The molecule has 152 valence electrons. The highest BCUT2D eigenvalue weighted by atomic mass is 32.2. The molecule has 0 unspecified atom stereocenters. The summed E-state index contributed by atoms with van der Waals surface area (Å²) >= 11 is 0. The Morgan fingerprint density at radius 2 is 1.89 bits per heavy atom. The lowest BCUT2D eigenvalue weighted by molar-refractivity contribution is -0.166. The maximum absolute atomic E-state index is 13.0. The minimum absolute atomic E-state index is 0.156. The van der Waals surface area contributed by atoms with Crippen molar-refractivity contribution in [2.24, 2.45) is 21.9 Å². The Morgan fingerprint density at radius 1 is 1.25 bits per heavy atom. The lowest BCUT2D eigenvalue weighted by Crippen LogP contribution is -2.72. The van der Waals surface area contributed by atoms with Gasteiger partial charge in [-0.3, -0.25) is 4.79 Å². The van der Waals surface area contributed by atoms with Gasteiger partial charge in [-0.2, -0.15) is 13.2 Å². The van der Waals surface area contributed by atoms with Gasteiger partial charge in [0.25, 0.3) is 15.9 Å². The molecular formula is C16H17F3N4O4S. The molecule has 0 bridgehead atoms. The Kier molecular flexibility index (Phi) is 4.11. The van der Waals surface area contributed by atoms with Crippen molar-refractivity contribution in [2.75, 3.05) is 6.61 Å². The van der Waals surface area contributed by atoms with Gasteiger partial charge >= 0.3 is 11.8 Å². The van der Waals surface area contributed by atoms with Gasteiger partial charge in [0.15, 0.2) is 0 Å². The number of amides is 1. The van der Waals surface area contributed by atoms with E-state index in [1.807, 2.05) is 4.72 Å². The van der Waals surface area contributed by atoms with E-state index >= 15 is 0 Å². The van der Waals surface area contributed by atoms with E-state index < -0.39 is 33.3 Å². The Balaban J connectivity index is 1.49. The average Bonchev–Trinajstić information content (AvgIpc) is 3.42. The Morgan fingerprint density at radius 3 is 2.43 bits per heavy atom. The lowest BCUT2D eigenvalue weighted by Gasteiger charge is -2.53. The van der Waals surface area contributed by atoms with Crippen molar-refractivity contribution in [1.82, 2.24) is 4.72 Å². The van der Waals surface area contributed by atoms with Gasteiger partial charge in [0.2, 0.25) is 0 Å². The molecule has 1 amide bonds. The summed E-state index contributed by atoms with van der Waals surface area (Å²) in [5, 5.41) is 6.11. The van der Waals surface area contributed by atoms with Crippen molar-refractivity contribution in [3.63, 3.8) is 0 Å². The summed E-state index contributed by atoms with van der Waals surface area (Å²) in [6.07, 6.45) is -3.25. The van der Waals surface area contributed by atoms with Crippen LogP contribution in [0.2, 0.25) is 0 Å². The first kappa shape index (κ1) is 19.3. The number of nitrogens with zero attached hydrogens (tertiary/aromatic N) is 2. The summed E-state index contributed by atoms with van der Waals surface area (Å²) in [4.78, 5) is 12.1. The molecule has 1 aromatic rings. The highest BCUT2D eigenvalue weighted by molar-refractivity contribution is 7.90. The Bertz CT molecular complexity index is 942. The minimum Gasteiger partial charge on any atom is -0.378 e. The molecule has 28 heavy (non-hydrogen) atoms. The highest BCUT2D eigenvalue weighted by Gasteiger charge is 2.65. The first-order valence-electron chi connectivity index (χ1n) is 8.59. The van der Waals surface area contributed by atoms with E-state index in [4.69, 9.17) is 10.5 Å². The number of benzene rings is 1.